The maximum absolute atomic E-state index is 14.0. The fourth-order valence-electron chi connectivity index (χ4n) is 6.88. The van der Waals surface area contributed by atoms with E-state index in [1.807, 2.05) is 0 Å². The van der Waals surface area contributed by atoms with E-state index in [1.165, 1.54) is 0 Å². The number of phenolic OH excluding ortho intramolecular Hbond substituents is 4. The summed E-state index contributed by atoms with van der Waals surface area (Å²) in [4.78, 5) is 25.7. The van der Waals surface area contributed by atoms with Crippen LogP contribution in [0, 0.1) is 0 Å². The van der Waals surface area contributed by atoms with Crippen LogP contribution in [-0.2, 0) is 19.0 Å². The molecule has 3 aliphatic rings. The van der Waals surface area contributed by atoms with E-state index >= 15 is 0 Å². The zero-order valence-electron chi connectivity index (χ0n) is 28.3. The van der Waals surface area contributed by atoms with Gasteiger partial charge >= 0.3 is 5.97 Å². The number of aliphatic hydroxyl groups excluding tert-OH is 11. The minimum Gasteiger partial charge on any atom is -0.507 e. The zero-order chi connectivity index (χ0) is 41.2. The first-order chi connectivity index (χ1) is 26.3. The zero-order valence-corrected chi connectivity index (χ0v) is 28.3. The highest BCUT2D eigenvalue weighted by molar-refractivity contribution is 5.92. The molecule has 2 aromatic carbocycles. The molecule has 0 spiro atoms. The number of aliphatic hydroxyl groups is 11. The summed E-state index contributed by atoms with van der Waals surface area (Å²) in [6, 6.07) is 2.02. The molecule has 23 heteroatoms. The molecule has 3 fully saturated rings. The van der Waals surface area contributed by atoms with Crippen LogP contribution in [0.5, 0.6) is 28.7 Å². The van der Waals surface area contributed by atoms with Gasteiger partial charge in [-0.1, -0.05) is 0 Å². The van der Waals surface area contributed by atoms with Gasteiger partial charge in [-0.25, -0.2) is 4.79 Å². The van der Waals surface area contributed by atoms with E-state index in [0.717, 1.165) is 6.07 Å². The molecule has 6 rings (SSSR count). The average Bonchev–Trinajstić information content (AvgIpc) is 3.15. The number of rotatable bonds is 8. The molecule has 0 bridgehead atoms. The van der Waals surface area contributed by atoms with E-state index in [2.05, 4.69) is 0 Å². The molecule has 0 saturated carbocycles. The third kappa shape index (κ3) is 6.75. The molecule has 3 aliphatic heterocycles. The van der Waals surface area contributed by atoms with Crippen molar-refractivity contribution in [1.29, 1.82) is 0 Å². The van der Waals surface area contributed by atoms with E-state index in [-0.39, 0.29) is 0 Å². The predicted molar refractivity (Wildman–Crippen MR) is 175 cm³/mol. The Morgan fingerprint density at radius 1 is 0.625 bits per heavy atom. The third-order valence-electron chi connectivity index (χ3n) is 9.95. The summed E-state index contributed by atoms with van der Waals surface area (Å²) in [6.07, 6.45) is -30.7. The predicted octanol–water partition coefficient (Wildman–Crippen LogP) is -5.42. The maximum atomic E-state index is 14.0. The second kappa shape index (κ2) is 15.5. The fourth-order valence-corrected chi connectivity index (χ4v) is 6.88. The molecule has 15 unspecified atom stereocenters. The van der Waals surface area contributed by atoms with Crippen LogP contribution in [-0.4, -0.2) is 180 Å². The van der Waals surface area contributed by atoms with Crippen molar-refractivity contribution >= 4 is 16.9 Å². The highest BCUT2D eigenvalue weighted by atomic mass is 16.7. The van der Waals surface area contributed by atoms with E-state index in [9.17, 15) is 91.3 Å². The minimum absolute atomic E-state index is 0.528. The Labute approximate surface area is 311 Å². The molecular formula is C33H38O23. The molecule has 308 valence electrons. The second-order valence-electron chi connectivity index (χ2n) is 13.4. The van der Waals surface area contributed by atoms with Gasteiger partial charge < -0.3 is 105 Å². The van der Waals surface area contributed by atoms with Crippen LogP contribution in [0.4, 0.5) is 0 Å². The molecule has 0 aliphatic carbocycles. The number of fused-ring (bicyclic) bond motifs is 1. The standard InChI is InChI=1S/C33H38O23/c34-4-12-17(39)21(43)24(46)29(53-12)15-19(41)14-9(38)3-10(52-28(14)16(20(15)42)30-25(47)22(44)18(40)13(5-35)54-30)6-1-7(36)8(37)2-11(6)55-33-27(49)23(45)26(48)31(56-33)32(50)51/h1-3,12-13,17-18,21-27,29-31,33-37,39-49H,4-5H2,(H,50,51). The molecule has 3 aromatic rings. The quantitative estimate of drug-likeness (QED) is 0.0945. The SMILES string of the molecule is O=C(O)C1OC(Oc2cc(O)c(O)cc2-c2cc(=O)c3c(O)c(C4OC(CO)C(O)C(O)C4O)c(O)c(C4OC(CO)C(O)C(O)C4O)c3o2)C(O)C(O)C1O. The number of carboxylic acids is 1. The molecule has 4 heterocycles. The molecule has 23 nitrogen and oxygen atoms in total. The highest BCUT2D eigenvalue weighted by Crippen LogP contribution is 2.51. The topological polar surface area (TPSA) is 408 Å². The number of phenols is 4. The molecular weight excluding hydrogens is 764 g/mol. The second-order valence-corrected chi connectivity index (χ2v) is 13.4. The molecule has 0 radical (unpaired) electrons. The first-order valence-electron chi connectivity index (χ1n) is 16.7. The van der Waals surface area contributed by atoms with Crippen LogP contribution in [0.15, 0.2) is 27.4 Å². The highest BCUT2D eigenvalue weighted by Gasteiger charge is 2.51. The largest absolute Gasteiger partial charge is 0.507 e. The third-order valence-corrected chi connectivity index (χ3v) is 9.95. The van der Waals surface area contributed by atoms with Gasteiger partial charge in [0.2, 0.25) is 6.29 Å². The maximum Gasteiger partial charge on any atom is 0.335 e. The van der Waals surface area contributed by atoms with Crippen molar-refractivity contribution in [2.75, 3.05) is 13.2 Å². The van der Waals surface area contributed by atoms with Gasteiger partial charge in [-0.3, -0.25) is 4.79 Å². The van der Waals surface area contributed by atoms with E-state index in [1.54, 1.807) is 0 Å². The number of hydrogen-bond donors (Lipinski definition) is 16. The van der Waals surface area contributed by atoms with Gasteiger partial charge in [-0.2, -0.15) is 0 Å². The monoisotopic (exact) mass is 802 g/mol. The van der Waals surface area contributed by atoms with Crippen molar-refractivity contribution in [3.05, 3.63) is 39.5 Å². The number of aliphatic carboxylic acids is 1. The van der Waals surface area contributed by atoms with E-state index in [0.29, 0.717) is 12.1 Å². The van der Waals surface area contributed by atoms with Crippen molar-refractivity contribution in [2.45, 2.75) is 91.7 Å². The summed E-state index contributed by atoms with van der Waals surface area (Å²) in [5.41, 5.74) is -4.40. The normalized spacial score (nSPS) is 36.4. The van der Waals surface area contributed by atoms with Crippen molar-refractivity contribution in [2.24, 2.45) is 0 Å². The molecule has 15 atom stereocenters. The molecule has 56 heavy (non-hydrogen) atoms. The van der Waals surface area contributed by atoms with Crippen LogP contribution < -0.4 is 10.2 Å². The van der Waals surface area contributed by atoms with Crippen LogP contribution in [0.25, 0.3) is 22.3 Å². The summed E-state index contributed by atoms with van der Waals surface area (Å²) >= 11 is 0. The Morgan fingerprint density at radius 2 is 1.14 bits per heavy atom. The lowest BCUT2D eigenvalue weighted by atomic mass is 9.85. The van der Waals surface area contributed by atoms with Crippen molar-refractivity contribution in [3.8, 4) is 40.1 Å². The number of hydrogen-bond acceptors (Lipinski definition) is 22. The van der Waals surface area contributed by atoms with Gasteiger partial charge in [0.25, 0.3) is 0 Å². The Morgan fingerprint density at radius 3 is 1.68 bits per heavy atom. The molecule has 16 N–H and O–H groups in total. The average molecular weight is 803 g/mol. The summed E-state index contributed by atoms with van der Waals surface area (Å²) in [5, 5.41) is 167. The Balaban J connectivity index is 1.59. The van der Waals surface area contributed by atoms with Crippen LogP contribution in [0.2, 0.25) is 0 Å². The van der Waals surface area contributed by atoms with Gasteiger partial charge in [0.05, 0.1) is 29.9 Å². The van der Waals surface area contributed by atoms with Crippen LogP contribution >= 0.6 is 0 Å². The minimum atomic E-state index is -2.23. The molecule has 0 amide bonds. The number of aromatic hydroxyl groups is 4. The first-order valence-corrected chi connectivity index (χ1v) is 16.7. The Hall–Kier alpha value is -4.44. The van der Waals surface area contributed by atoms with Crippen molar-refractivity contribution in [1.82, 2.24) is 0 Å². The summed E-state index contributed by atoms with van der Waals surface area (Å²) in [7, 11) is 0. The van der Waals surface area contributed by atoms with Gasteiger partial charge in [-0.05, 0) is 6.07 Å². The Kier molecular flexibility index (Phi) is 11.4. The summed E-state index contributed by atoms with van der Waals surface area (Å²) in [5.74, 6) is -7.38. The lowest BCUT2D eigenvalue weighted by molar-refractivity contribution is -0.271. The first kappa shape index (κ1) is 41.2. The summed E-state index contributed by atoms with van der Waals surface area (Å²) in [6.45, 7) is -1.96. The van der Waals surface area contributed by atoms with E-state index in [4.69, 9.17) is 23.4 Å². The van der Waals surface area contributed by atoms with Gasteiger partial charge in [-0.15, -0.1) is 0 Å². The number of benzene rings is 2. The number of carboxylic acid groups (broad SMARTS) is 1. The molecule has 1 aromatic heterocycles. The summed E-state index contributed by atoms with van der Waals surface area (Å²) < 4.78 is 27.7. The number of ether oxygens (including phenoxy) is 4. The van der Waals surface area contributed by atoms with Gasteiger partial charge in [0.1, 0.15) is 108 Å². The van der Waals surface area contributed by atoms with Crippen molar-refractivity contribution < 1.29 is 110 Å². The smallest absolute Gasteiger partial charge is 0.335 e. The van der Waals surface area contributed by atoms with E-state index < -0.39 is 179 Å². The molecule has 3 saturated heterocycles. The number of carbonyl (C=O) groups is 1. The fraction of sp³-hybridized carbons (Fsp3) is 0.515. The van der Waals surface area contributed by atoms with Crippen LogP contribution in [0.1, 0.15) is 23.3 Å². The lowest BCUT2D eigenvalue weighted by Gasteiger charge is -2.42. The van der Waals surface area contributed by atoms with Crippen LogP contribution in [0.3, 0.4) is 0 Å². The van der Waals surface area contributed by atoms with Gasteiger partial charge in [0.15, 0.2) is 28.6 Å². The Bertz CT molecular complexity index is 2010. The van der Waals surface area contributed by atoms with Crippen molar-refractivity contribution in [3.63, 3.8) is 0 Å². The lowest BCUT2D eigenvalue weighted by Crippen LogP contribution is -2.61. The van der Waals surface area contributed by atoms with Gasteiger partial charge in [0, 0.05) is 12.1 Å².